The van der Waals surface area contributed by atoms with Crippen LogP contribution in [0.1, 0.15) is 32.6 Å². The highest BCUT2D eigenvalue weighted by atomic mass is 32.2. The van der Waals surface area contributed by atoms with Crippen LogP contribution in [0.25, 0.3) is 0 Å². The molecule has 5 nitrogen and oxygen atoms in total. The fourth-order valence-corrected chi connectivity index (χ4v) is 3.33. The van der Waals surface area contributed by atoms with Crippen molar-refractivity contribution in [2.24, 2.45) is 0 Å². The number of nitrogens with zero attached hydrogens (tertiary/aromatic N) is 2. The highest BCUT2D eigenvalue weighted by Crippen LogP contribution is 2.35. The van der Waals surface area contributed by atoms with Crippen molar-refractivity contribution >= 4 is 10.0 Å². The first kappa shape index (κ1) is 14.4. The van der Waals surface area contributed by atoms with Crippen LogP contribution in [-0.4, -0.2) is 44.7 Å². The molecule has 0 amide bonds. The summed E-state index contributed by atoms with van der Waals surface area (Å²) in [6.07, 6.45) is 3.47. The van der Waals surface area contributed by atoms with Crippen LogP contribution in [0.5, 0.6) is 0 Å². The van der Waals surface area contributed by atoms with Gasteiger partial charge in [0.15, 0.2) is 5.25 Å². The fraction of sp³-hybridized carbons (Fsp3) is 0.909. The smallest absolute Gasteiger partial charge is 0.228 e. The predicted molar refractivity (Wildman–Crippen MR) is 66.9 cm³/mol. The lowest BCUT2D eigenvalue weighted by Crippen LogP contribution is -2.57. The Morgan fingerprint density at radius 3 is 2.35 bits per heavy atom. The molecule has 17 heavy (non-hydrogen) atoms. The number of nitrogens with one attached hydrogen (secondary N) is 1. The second-order valence-electron chi connectivity index (χ2n) is 4.86. The van der Waals surface area contributed by atoms with Crippen molar-refractivity contribution in [1.82, 2.24) is 9.62 Å². The van der Waals surface area contributed by atoms with E-state index in [9.17, 15) is 8.42 Å². The Bertz CT molecular complexity index is 393. The van der Waals surface area contributed by atoms with Crippen LogP contribution in [0.4, 0.5) is 0 Å². The van der Waals surface area contributed by atoms with Crippen LogP contribution < -0.4 is 4.72 Å². The van der Waals surface area contributed by atoms with Crippen LogP contribution in [-0.2, 0) is 10.0 Å². The van der Waals surface area contributed by atoms with Gasteiger partial charge >= 0.3 is 0 Å². The second-order valence-corrected chi connectivity index (χ2v) is 6.81. The molecule has 1 saturated carbocycles. The van der Waals surface area contributed by atoms with E-state index in [1.165, 1.54) is 0 Å². The molecular weight excluding hydrogens is 238 g/mol. The maximum absolute atomic E-state index is 11.8. The molecule has 0 aromatic rings. The minimum absolute atomic E-state index is 0.0547. The van der Waals surface area contributed by atoms with Gasteiger partial charge in [0.05, 0.1) is 6.07 Å². The molecule has 1 unspecified atom stereocenters. The van der Waals surface area contributed by atoms with Gasteiger partial charge in [-0.2, -0.15) is 5.26 Å². The van der Waals surface area contributed by atoms with Crippen molar-refractivity contribution in [1.29, 1.82) is 5.26 Å². The summed E-state index contributed by atoms with van der Waals surface area (Å²) in [7, 11) is 0.431. The van der Waals surface area contributed by atoms with Crippen LogP contribution in [0, 0.1) is 11.3 Å². The number of sulfonamides is 1. The van der Waals surface area contributed by atoms with E-state index in [0.717, 1.165) is 19.3 Å². The van der Waals surface area contributed by atoms with Crippen LogP contribution in [0.3, 0.4) is 0 Å². The molecule has 1 aliphatic carbocycles. The lowest BCUT2D eigenvalue weighted by molar-refractivity contribution is 0.0656. The first-order valence-electron chi connectivity index (χ1n) is 5.93. The first-order valence-corrected chi connectivity index (χ1v) is 7.48. The van der Waals surface area contributed by atoms with E-state index in [4.69, 9.17) is 5.26 Å². The van der Waals surface area contributed by atoms with Crippen molar-refractivity contribution in [3.63, 3.8) is 0 Å². The van der Waals surface area contributed by atoms with Crippen molar-refractivity contribution < 1.29 is 8.42 Å². The van der Waals surface area contributed by atoms with Gasteiger partial charge < -0.3 is 4.90 Å². The number of rotatable bonds is 6. The van der Waals surface area contributed by atoms with E-state index in [2.05, 4.69) is 9.62 Å². The normalized spacial score (nSPS) is 20.6. The molecule has 0 spiro atoms. The summed E-state index contributed by atoms with van der Waals surface area (Å²) < 4.78 is 26.3. The van der Waals surface area contributed by atoms with Crippen LogP contribution >= 0.6 is 0 Å². The Morgan fingerprint density at radius 1 is 1.47 bits per heavy atom. The Hall–Kier alpha value is -0.640. The summed E-state index contributed by atoms with van der Waals surface area (Å²) in [5.74, 6) is 0. The predicted octanol–water partition coefficient (Wildman–Crippen LogP) is 0.692. The average molecular weight is 259 g/mol. The first-order chi connectivity index (χ1) is 7.88. The number of likely N-dealkylation sites (N-methyl/N-ethyl adjacent to an activating group) is 1. The standard InChI is InChI=1S/C11H21N3O2S/c1-4-10(8-12)17(15,16)13-9-11(14(2)3)6-5-7-11/h10,13H,4-7,9H2,1-3H3. The molecular formula is C11H21N3O2S. The van der Waals surface area contributed by atoms with Gasteiger partial charge in [-0.15, -0.1) is 0 Å². The third-order valence-electron chi connectivity index (χ3n) is 3.72. The van der Waals surface area contributed by atoms with Gasteiger partial charge in [-0.05, 0) is 39.8 Å². The Morgan fingerprint density at radius 2 is 2.06 bits per heavy atom. The molecule has 0 aromatic carbocycles. The lowest BCUT2D eigenvalue weighted by atomic mass is 9.76. The zero-order valence-corrected chi connectivity index (χ0v) is 11.5. The van der Waals surface area contributed by atoms with E-state index in [1.54, 1.807) is 6.92 Å². The quantitative estimate of drug-likeness (QED) is 0.762. The summed E-state index contributed by atoms with van der Waals surface area (Å²) in [5, 5.41) is 7.85. The van der Waals surface area contributed by atoms with Gasteiger partial charge in [0.2, 0.25) is 10.0 Å². The Kier molecular flexibility index (Phi) is 4.53. The maximum Gasteiger partial charge on any atom is 0.228 e. The van der Waals surface area contributed by atoms with E-state index in [-0.39, 0.29) is 5.54 Å². The molecule has 98 valence electrons. The molecule has 0 aromatic heterocycles. The molecule has 0 bridgehead atoms. The second kappa shape index (κ2) is 5.34. The van der Waals surface area contributed by atoms with Crippen molar-refractivity contribution in [3.05, 3.63) is 0 Å². The summed E-state index contributed by atoms with van der Waals surface area (Å²) in [5.41, 5.74) is -0.0547. The zero-order chi connectivity index (χ0) is 13.1. The molecule has 0 radical (unpaired) electrons. The molecule has 6 heteroatoms. The zero-order valence-electron chi connectivity index (χ0n) is 10.7. The topological polar surface area (TPSA) is 73.2 Å². The van der Waals surface area contributed by atoms with Gasteiger partial charge in [0.25, 0.3) is 0 Å². The van der Waals surface area contributed by atoms with E-state index in [0.29, 0.717) is 13.0 Å². The monoisotopic (exact) mass is 259 g/mol. The summed E-state index contributed by atoms with van der Waals surface area (Å²) in [6.45, 7) is 2.11. The number of hydrogen-bond donors (Lipinski definition) is 1. The largest absolute Gasteiger partial charge is 0.302 e. The molecule has 0 aliphatic heterocycles. The lowest BCUT2D eigenvalue weighted by Gasteiger charge is -2.47. The highest BCUT2D eigenvalue weighted by molar-refractivity contribution is 7.90. The summed E-state index contributed by atoms with van der Waals surface area (Å²) >= 11 is 0. The molecule has 0 saturated heterocycles. The Labute approximate surface area is 104 Å². The molecule has 1 rings (SSSR count). The van der Waals surface area contributed by atoms with Gasteiger partial charge in [-0.1, -0.05) is 6.92 Å². The third kappa shape index (κ3) is 2.97. The maximum atomic E-state index is 11.8. The van der Waals surface area contributed by atoms with Gasteiger partial charge in [-0.3, -0.25) is 0 Å². The van der Waals surface area contributed by atoms with E-state index < -0.39 is 15.3 Å². The van der Waals surface area contributed by atoms with Gasteiger partial charge in [0, 0.05) is 12.1 Å². The fourth-order valence-electron chi connectivity index (χ4n) is 2.08. The number of nitriles is 1. The van der Waals surface area contributed by atoms with Crippen LogP contribution in [0.15, 0.2) is 0 Å². The van der Waals surface area contributed by atoms with Gasteiger partial charge in [-0.25, -0.2) is 13.1 Å². The van der Waals surface area contributed by atoms with E-state index >= 15 is 0 Å². The SMILES string of the molecule is CCC(C#N)S(=O)(=O)NCC1(N(C)C)CCC1. The molecule has 1 atom stereocenters. The highest BCUT2D eigenvalue weighted by Gasteiger charge is 2.40. The van der Waals surface area contributed by atoms with Crippen molar-refractivity contribution in [3.8, 4) is 6.07 Å². The average Bonchev–Trinajstić information content (AvgIpc) is 2.16. The molecule has 1 aliphatic rings. The summed E-state index contributed by atoms with van der Waals surface area (Å²) in [6, 6.07) is 1.83. The summed E-state index contributed by atoms with van der Waals surface area (Å²) in [4.78, 5) is 2.08. The number of hydrogen-bond acceptors (Lipinski definition) is 4. The minimum atomic E-state index is -3.50. The van der Waals surface area contributed by atoms with Gasteiger partial charge in [0.1, 0.15) is 0 Å². The van der Waals surface area contributed by atoms with Crippen molar-refractivity contribution in [2.75, 3.05) is 20.6 Å². The third-order valence-corrected chi connectivity index (χ3v) is 5.46. The molecule has 1 N–H and O–H groups in total. The molecule has 0 heterocycles. The Balaban J connectivity index is 2.64. The van der Waals surface area contributed by atoms with Crippen LogP contribution in [0.2, 0.25) is 0 Å². The van der Waals surface area contributed by atoms with Crippen molar-refractivity contribution in [2.45, 2.75) is 43.4 Å². The molecule has 1 fully saturated rings. The van der Waals surface area contributed by atoms with E-state index in [1.807, 2.05) is 20.2 Å². The minimum Gasteiger partial charge on any atom is -0.302 e.